The molecule has 9 heavy (non-hydrogen) atoms. The number of ether oxygens (including phenoxy) is 1. The van der Waals surface area contributed by atoms with E-state index in [0.717, 1.165) is 0 Å². The lowest BCUT2D eigenvalue weighted by Gasteiger charge is -2.03. The Labute approximate surface area is 54.8 Å². The van der Waals surface area contributed by atoms with Gasteiger partial charge in [-0.15, -0.1) is 6.58 Å². The second-order valence-corrected chi connectivity index (χ2v) is 1.50. The van der Waals surface area contributed by atoms with Gasteiger partial charge in [0.05, 0.1) is 0 Å². The SMILES string of the molecule is C=CCC(C=C)O[C]=O. The van der Waals surface area contributed by atoms with Crippen molar-refractivity contribution in [2.24, 2.45) is 0 Å². The molecule has 0 fully saturated rings. The molecule has 1 unspecified atom stereocenters. The Bertz CT molecular complexity index is 97.5. The van der Waals surface area contributed by atoms with Crippen LogP contribution in [0, 0.1) is 0 Å². The largest absolute Gasteiger partial charge is 0.449 e. The summed E-state index contributed by atoms with van der Waals surface area (Å²) in [6.07, 6.45) is 3.52. The van der Waals surface area contributed by atoms with Crippen LogP contribution in [0.15, 0.2) is 25.3 Å². The zero-order valence-electron chi connectivity index (χ0n) is 5.17. The topological polar surface area (TPSA) is 26.3 Å². The van der Waals surface area contributed by atoms with E-state index in [9.17, 15) is 4.79 Å². The van der Waals surface area contributed by atoms with Gasteiger partial charge >= 0.3 is 6.47 Å². The summed E-state index contributed by atoms with van der Waals surface area (Å²) in [4.78, 5) is 9.62. The van der Waals surface area contributed by atoms with Crippen LogP contribution in [0.4, 0.5) is 0 Å². The summed E-state index contributed by atoms with van der Waals surface area (Å²) in [6.45, 7) is 8.25. The van der Waals surface area contributed by atoms with E-state index in [1.54, 1.807) is 6.08 Å². The lowest BCUT2D eigenvalue weighted by molar-refractivity contribution is 0.222. The molecule has 2 nitrogen and oxygen atoms in total. The number of hydrogen-bond donors (Lipinski definition) is 0. The molecule has 1 atom stereocenters. The molecule has 0 rings (SSSR count). The van der Waals surface area contributed by atoms with Crippen molar-refractivity contribution in [1.82, 2.24) is 0 Å². The van der Waals surface area contributed by atoms with E-state index in [1.807, 2.05) is 0 Å². The van der Waals surface area contributed by atoms with Crippen LogP contribution in [-0.4, -0.2) is 12.6 Å². The van der Waals surface area contributed by atoms with Gasteiger partial charge in [-0.2, -0.15) is 0 Å². The molecule has 1 radical (unpaired) electrons. The first-order chi connectivity index (χ1) is 4.35. The average molecular weight is 125 g/mol. The predicted octanol–water partition coefficient (Wildman–Crippen LogP) is 1.20. The van der Waals surface area contributed by atoms with Crippen LogP contribution < -0.4 is 0 Å². The minimum Gasteiger partial charge on any atom is -0.449 e. The first kappa shape index (κ1) is 7.95. The quantitative estimate of drug-likeness (QED) is 0.516. The van der Waals surface area contributed by atoms with E-state index in [-0.39, 0.29) is 6.10 Å². The van der Waals surface area contributed by atoms with E-state index in [1.165, 1.54) is 12.5 Å². The number of hydrogen-bond acceptors (Lipinski definition) is 2. The highest BCUT2D eigenvalue weighted by atomic mass is 16.5. The van der Waals surface area contributed by atoms with Crippen LogP contribution in [-0.2, 0) is 9.53 Å². The Hall–Kier alpha value is -1.05. The Balaban J connectivity index is 3.51. The van der Waals surface area contributed by atoms with Crippen molar-refractivity contribution in [3.05, 3.63) is 25.3 Å². The maximum atomic E-state index is 9.62. The lowest BCUT2D eigenvalue weighted by Crippen LogP contribution is -2.05. The molecule has 0 N–H and O–H groups in total. The van der Waals surface area contributed by atoms with Gasteiger partial charge in [-0.05, 0) is 0 Å². The summed E-state index contributed by atoms with van der Waals surface area (Å²) in [5.41, 5.74) is 0. The first-order valence-corrected chi connectivity index (χ1v) is 2.61. The second-order valence-electron chi connectivity index (χ2n) is 1.50. The molecule has 0 aromatic heterocycles. The molecule has 0 aliphatic heterocycles. The van der Waals surface area contributed by atoms with Crippen molar-refractivity contribution in [2.45, 2.75) is 12.5 Å². The van der Waals surface area contributed by atoms with E-state index < -0.39 is 0 Å². The summed E-state index contributed by atoms with van der Waals surface area (Å²) in [7, 11) is 0. The molecule has 49 valence electrons. The highest BCUT2D eigenvalue weighted by molar-refractivity contribution is 5.39. The van der Waals surface area contributed by atoms with Crippen LogP contribution in [0.25, 0.3) is 0 Å². The van der Waals surface area contributed by atoms with Crippen molar-refractivity contribution in [3.63, 3.8) is 0 Å². The lowest BCUT2D eigenvalue weighted by atomic mass is 10.2. The van der Waals surface area contributed by atoms with Crippen molar-refractivity contribution in [3.8, 4) is 0 Å². The fourth-order valence-corrected chi connectivity index (χ4v) is 0.419. The Morgan fingerprint density at radius 1 is 1.67 bits per heavy atom. The third kappa shape index (κ3) is 3.53. The van der Waals surface area contributed by atoms with Crippen LogP contribution in [0.5, 0.6) is 0 Å². The molecule has 0 amide bonds. The van der Waals surface area contributed by atoms with Gasteiger partial charge in [-0.25, -0.2) is 4.79 Å². The van der Waals surface area contributed by atoms with Crippen molar-refractivity contribution in [2.75, 3.05) is 0 Å². The van der Waals surface area contributed by atoms with Crippen molar-refractivity contribution in [1.29, 1.82) is 0 Å². The van der Waals surface area contributed by atoms with Gasteiger partial charge in [0.15, 0.2) is 0 Å². The maximum Gasteiger partial charge on any atom is 0.418 e. The molecule has 2 heteroatoms. The fraction of sp³-hybridized carbons (Fsp3) is 0.286. The van der Waals surface area contributed by atoms with E-state index in [4.69, 9.17) is 0 Å². The second kappa shape index (κ2) is 5.09. The van der Waals surface area contributed by atoms with Crippen molar-refractivity contribution < 1.29 is 9.53 Å². The van der Waals surface area contributed by atoms with Gasteiger partial charge in [0, 0.05) is 6.42 Å². The van der Waals surface area contributed by atoms with E-state index >= 15 is 0 Å². The Morgan fingerprint density at radius 2 is 2.33 bits per heavy atom. The normalized spacial score (nSPS) is 11.6. The molecule has 0 spiro atoms. The zero-order chi connectivity index (χ0) is 7.11. The summed E-state index contributed by atoms with van der Waals surface area (Å²) in [5.74, 6) is 0. The van der Waals surface area contributed by atoms with Crippen LogP contribution in [0.2, 0.25) is 0 Å². The molecule has 0 bridgehead atoms. The third-order valence-electron chi connectivity index (χ3n) is 0.861. The molecular weight excluding hydrogens is 116 g/mol. The van der Waals surface area contributed by atoms with E-state index in [2.05, 4.69) is 17.9 Å². The zero-order valence-corrected chi connectivity index (χ0v) is 5.17. The summed E-state index contributed by atoms with van der Waals surface area (Å²) < 4.78 is 4.44. The van der Waals surface area contributed by atoms with Crippen LogP contribution >= 0.6 is 0 Å². The smallest absolute Gasteiger partial charge is 0.418 e. The number of rotatable bonds is 5. The maximum absolute atomic E-state index is 9.62. The molecular formula is C7H9O2. The monoisotopic (exact) mass is 125 g/mol. The summed E-state index contributed by atoms with van der Waals surface area (Å²) >= 11 is 0. The van der Waals surface area contributed by atoms with Gasteiger partial charge in [-0.3, -0.25) is 0 Å². The van der Waals surface area contributed by atoms with Gasteiger partial charge in [0.25, 0.3) is 0 Å². The molecule has 0 aliphatic carbocycles. The van der Waals surface area contributed by atoms with Gasteiger partial charge in [0.2, 0.25) is 0 Å². The van der Waals surface area contributed by atoms with E-state index in [0.29, 0.717) is 6.42 Å². The predicted molar refractivity (Wildman–Crippen MR) is 35.6 cm³/mol. The minimum atomic E-state index is -0.264. The Kier molecular flexibility index (Phi) is 4.50. The molecule has 0 aromatic rings. The van der Waals surface area contributed by atoms with Crippen LogP contribution in [0.1, 0.15) is 6.42 Å². The van der Waals surface area contributed by atoms with Crippen LogP contribution in [0.3, 0.4) is 0 Å². The molecule has 0 saturated carbocycles. The van der Waals surface area contributed by atoms with Gasteiger partial charge in [-0.1, -0.05) is 18.7 Å². The Morgan fingerprint density at radius 3 is 2.67 bits per heavy atom. The average Bonchev–Trinajstić information content (AvgIpc) is 1.88. The molecule has 0 aliphatic rings. The highest BCUT2D eigenvalue weighted by Gasteiger charge is 1.98. The van der Waals surface area contributed by atoms with Gasteiger partial charge in [0.1, 0.15) is 6.10 Å². The standard InChI is InChI=1S/C7H9O2/c1-3-5-7(4-2)9-6-8/h3-4,7H,1-2,5H2. The molecule has 0 heterocycles. The molecule has 0 aromatic carbocycles. The minimum absolute atomic E-state index is 0.264. The van der Waals surface area contributed by atoms with Crippen molar-refractivity contribution >= 4 is 6.47 Å². The van der Waals surface area contributed by atoms with Gasteiger partial charge < -0.3 is 4.74 Å². The highest BCUT2D eigenvalue weighted by Crippen LogP contribution is 1.97. The summed E-state index contributed by atoms with van der Waals surface area (Å²) in [6, 6.07) is 0. The fourth-order valence-electron chi connectivity index (χ4n) is 0.419. The third-order valence-corrected chi connectivity index (χ3v) is 0.861. The first-order valence-electron chi connectivity index (χ1n) is 2.61. The number of carbonyl (C=O) groups excluding carboxylic acids is 1. The molecule has 0 saturated heterocycles. The summed E-state index contributed by atoms with van der Waals surface area (Å²) in [5, 5.41) is 0.